The zero-order chi connectivity index (χ0) is 15.3. The number of hydrogen-bond donors (Lipinski definition) is 0. The minimum absolute atomic E-state index is 0.294. The Labute approximate surface area is 121 Å². The Kier molecular flexibility index (Phi) is 3.39. The van der Waals surface area contributed by atoms with Gasteiger partial charge in [0.15, 0.2) is 9.84 Å². The lowest BCUT2D eigenvalue weighted by molar-refractivity contribution is -0.137. The third kappa shape index (κ3) is 2.73. The van der Waals surface area contributed by atoms with Crippen LogP contribution < -0.4 is 0 Å². The second-order valence-corrected chi connectivity index (χ2v) is 8.18. The van der Waals surface area contributed by atoms with Gasteiger partial charge in [-0.1, -0.05) is 23.8 Å². The maximum absolute atomic E-state index is 12.5. The van der Waals surface area contributed by atoms with Gasteiger partial charge in [-0.15, -0.1) is 0 Å². The van der Waals surface area contributed by atoms with Crippen LogP contribution in [0.5, 0.6) is 0 Å². The topological polar surface area (TPSA) is 34.1 Å². The molecular weight excluding hydrogens is 301 g/mol. The minimum Gasteiger partial charge on any atom is -0.228 e. The van der Waals surface area contributed by atoms with Crippen LogP contribution in [0.2, 0.25) is 0 Å². The van der Waals surface area contributed by atoms with E-state index in [1.165, 1.54) is 12.1 Å². The molecule has 2 aliphatic heterocycles. The van der Waals surface area contributed by atoms with Gasteiger partial charge in [0.25, 0.3) is 0 Å². The average molecular weight is 316 g/mol. The highest BCUT2D eigenvalue weighted by Gasteiger charge is 2.42. The number of benzene rings is 1. The van der Waals surface area contributed by atoms with Gasteiger partial charge in [0.05, 0.1) is 16.1 Å². The first kappa shape index (κ1) is 14.6. The zero-order valence-corrected chi connectivity index (χ0v) is 12.0. The van der Waals surface area contributed by atoms with E-state index in [1.807, 2.05) is 0 Å². The van der Waals surface area contributed by atoms with E-state index in [1.54, 1.807) is 6.08 Å². The minimum atomic E-state index is -4.32. The van der Waals surface area contributed by atoms with E-state index in [9.17, 15) is 21.6 Å². The number of alkyl halides is 3. The Morgan fingerprint density at radius 1 is 1.10 bits per heavy atom. The Bertz CT molecular complexity index is 672. The summed E-state index contributed by atoms with van der Waals surface area (Å²) in [6, 6.07) is 5.08. The number of sulfone groups is 1. The van der Waals surface area contributed by atoms with Gasteiger partial charge in [-0.25, -0.2) is 8.42 Å². The first-order valence-corrected chi connectivity index (χ1v) is 8.46. The maximum Gasteiger partial charge on any atom is 0.416 e. The van der Waals surface area contributed by atoms with Gasteiger partial charge in [0, 0.05) is 0 Å². The molecule has 1 aromatic rings. The van der Waals surface area contributed by atoms with Crippen molar-refractivity contribution in [1.29, 1.82) is 0 Å². The smallest absolute Gasteiger partial charge is 0.228 e. The molecule has 2 bridgehead atoms. The van der Waals surface area contributed by atoms with Crippen molar-refractivity contribution < 1.29 is 21.6 Å². The lowest BCUT2D eigenvalue weighted by atomic mass is 10.00. The standard InChI is InChI=1S/C15H15F3O2S/c16-15(17,18)12-3-1-10(2-4-12)7-11-8-13-5-6-14(9-11)21(13,19)20/h1-4,8,13-14H,5-7,9H2. The third-order valence-corrected chi connectivity index (χ3v) is 6.83. The highest BCUT2D eigenvalue weighted by Crippen LogP contribution is 2.38. The first-order valence-electron chi connectivity index (χ1n) is 6.85. The van der Waals surface area contributed by atoms with Crippen LogP contribution in [-0.4, -0.2) is 18.9 Å². The first-order chi connectivity index (χ1) is 9.77. The summed E-state index contributed by atoms with van der Waals surface area (Å²) in [6.45, 7) is 0. The molecule has 2 heterocycles. The van der Waals surface area contributed by atoms with Crippen LogP contribution in [0.1, 0.15) is 30.4 Å². The van der Waals surface area contributed by atoms with E-state index in [0.717, 1.165) is 23.3 Å². The van der Waals surface area contributed by atoms with Crippen LogP contribution >= 0.6 is 0 Å². The van der Waals surface area contributed by atoms with E-state index < -0.39 is 21.6 Å². The van der Waals surface area contributed by atoms with Crippen molar-refractivity contribution in [3.05, 3.63) is 47.0 Å². The number of rotatable bonds is 2. The normalized spacial score (nSPS) is 27.5. The second kappa shape index (κ2) is 4.87. The number of fused-ring (bicyclic) bond motifs is 2. The predicted molar refractivity (Wildman–Crippen MR) is 73.6 cm³/mol. The van der Waals surface area contributed by atoms with E-state index in [0.29, 0.717) is 25.7 Å². The number of halogens is 3. The Hall–Kier alpha value is -1.30. The van der Waals surface area contributed by atoms with Gasteiger partial charge >= 0.3 is 6.18 Å². The van der Waals surface area contributed by atoms with Crippen LogP contribution in [0.25, 0.3) is 0 Å². The Morgan fingerprint density at radius 2 is 1.76 bits per heavy atom. The van der Waals surface area contributed by atoms with Crippen LogP contribution in [0, 0.1) is 0 Å². The van der Waals surface area contributed by atoms with Gasteiger partial charge in [0.1, 0.15) is 0 Å². The molecule has 1 fully saturated rings. The number of allylic oxidation sites excluding steroid dienone is 1. The van der Waals surface area contributed by atoms with Gasteiger partial charge in [-0.3, -0.25) is 0 Å². The second-order valence-electron chi connectivity index (χ2n) is 5.73. The van der Waals surface area contributed by atoms with Crippen LogP contribution in [0.4, 0.5) is 13.2 Å². The molecule has 0 aliphatic carbocycles. The quantitative estimate of drug-likeness (QED) is 0.782. The molecule has 0 N–H and O–H groups in total. The summed E-state index contributed by atoms with van der Waals surface area (Å²) in [4.78, 5) is 0. The molecular formula is C15H15F3O2S. The van der Waals surface area contributed by atoms with E-state index in [-0.39, 0.29) is 10.5 Å². The highest BCUT2D eigenvalue weighted by molar-refractivity contribution is 7.93. The SMILES string of the molecule is O=S1(=O)C2C=C(Cc3ccc(C(F)(F)F)cc3)CC1CC2. The molecule has 0 radical (unpaired) electrons. The number of hydrogen-bond acceptors (Lipinski definition) is 2. The van der Waals surface area contributed by atoms with E-state index in [4.69, 9.17) is 0 Å². The summed E-state index contributed by atoms with van der Waals surface area (Å²) < 4.78 is 61.4. The average Bonchev–Trinajstić information content (AvgIpc) is 2.59. The molecule has 2 unspecified atom stereocenters. The molecule has 2 aliphatic rings. The molecule has 0 aromatic heterocycles. The molecule has 0 saturated carbocycles. The van der Waals surface area contributed by atoms with Crippen molar-refractivity contribution in [3.63, 3.8) is 0 Å². The van der Waals surface area contributed by atoms with Crippen molar-refractivity contribution >= 4 is 9.84 Å². The molecule has 2 nitrogen and oxygen atoms in total. The Balaban J connectivity index is 1.77. The molecule has 21 heavy (non-hydrogen) atoms. The fourth-order valence-electron chi connectivity index (χ4n) is 3.15. The monoisotopic (exact) mass is 316 g/mol. The van der Waals surface area contributed by atoms with Gasteiger partial charge in [-0.05, 0) is 43.4 Å². The van der Waals surface area contributed by atoms with Crippen molar-refractivity contribution in [2.75, 3.05) is 0 Å². The molecule has 3 rings (SSSR count). The molecule has 0 spiro atoms. The zero-order valence-electron chi connectivity index (χ0n) is 11.2. The third-order valence-electron chi connectivity index (χ3n) is 4.28. The van der Waals surface area contributed by atoms with Crippen LogP contribution in [-0.2, 0) is 22.4 Å². The fraction of sp³-hybridized carbons (Fsp3) is 0.467. The summed E-state index contributed by atoms with van der Waals surface area (Å²) in [6.07, 6.45) is -0.115. The molecule has 114 valence electrons. The van der Waals surface area contributed by atoms with Gasteiger partial charge in [0.2, 0.25) is 0 Å². The lowest BCUT2D eigenvalue weighted by Crippen LogP contribution is -2.27. The fourth-order valence-corrected chi connectivity index (χ4v) is 5.40. The molecule has 2 atom stereocenters. The summed E-state index contributed by atoms with van der Waals surface area (Å²) >= 11 is 0. The lowest BCUT2D eigenvalue weighted by Gasteiger charge is -2.20. The van der Waals surface area contributed by atoms with Gasteiger partial charge in [-0.2, -0.15) is 13.2 Å². The van der Waals surface area contributed by atoms with Crippen LogP contribution in [0.15, 0.2) is 35.9 Å². The maximum atomic E-state index is 12.5. The molecule has 1 saturated heterocycles. The van der Waals surface area contributed by atoms with Gasteiger partial charge < -0.3 is 0 Å². The summed E-state index contributed by atoms with van der Waals surface area (Å²) in [5.74, 6) is 0. The molecule has 1 aromatic carbocycles. The molecule has 6 heteroatoms. The van der Waals surface area contributed by atoms with Crippen LogP contribution in [0.3, 0.4) is 0 Å². The van der Waals surface area contributed by atoms with Crippen molar-refractivity contribution in [1.82, 2.24) is 0 Å². The van der Waals surface area contributed by atoms with E-state index in [2.05, 4.69) is 0 Å². The summed E-state index contributed by atoms with van der Waals surface area (Å²) in [7, 11) is -3.01. The van der Waals surface area contributed by atoms with E-state index >= 15 is 0 Å². The summed E-state index contributed by atoms with van der Waals surface area (Å²) in [5.41, 5.74) is 1.15. The van der Waals surface area contributed by atoms with Crippen molar-refractivity contribution in [2.24, 2.45) is 0 Å². The predicted octanol–water partition coefficient (Wildman–Crippen LogP) is 3.52. The van der Waals surface area contributed by atoms with Crippen molar-refractivity contribution in [2.45, 2.75) is 42.4 Å². The van der Waals surface area contributed by atoms with Crippen molar-refractivity contribution in [3.8, 4) is 0 Å². The Morgan fingerprint density at radius 3 is 2.33 bits per heavy atom. The molecule has 0 amide bonds. The summed E-state index contributed by atoms with van der Waals surface area (Å²) in [5, 5.41) is -0.683. The largest absolute Gasteiger partial charge is 0.416 e. The highest BCUT2D eigenvalue weighted by atomic mass is 32.2.